The van der Waals surface area contributed by atoms with Crippen molar-refractivity contribution in [3.05, 3.63) is 58.6 Å². The number of hydrogen-bond donors (Lipinski definition) is 1. The monoisotopic (exact) mass is 446 g/mol. The fourth-order valence-corrected chi connectivity index (χ4v) is 4.00. The average Bonchev–Trinajstić information content (AvgIpc) is 2.55. The molecule has 2 rings (SSSR count). The number of rotatable bonds is 6. The minimum Gasteiger partial charge on any atom is -0.322 e. The van der Waals surface area contributed by atoms with E-state index in [0.717, 1.165) is 22.7 Å². The Morgan fingerprint density at radius 1 is 1.19 bits per heavy atom. The molecule has 2 aromatic rings. The molecular formula is C17H17BrF2N2O3S. The SMILES string of the molecule is CC[C@@H](C(=O)Nc1ccc(Br)cc1F)N(c1ccc(F)cc1)S(C)(=O)=O. The van der Waals surface area contributed by atoms with Crippen molar-refractivity contribution in [2.24, 2.45) is 0 Å². The molecule has 0 heterocycles. The highest BCUT2D eigenvalue weighted by Crippen LogP contribution is 2.25. The number of anilines is 2. The molecule has 0 aromatic heterocycles. The molecule has 1 N–H and O–H groups in total. The first-order chi connectivity index (χ1) is 12.1. The van der Waals surface area contributed by atoms with Crippen molar-refractivity contribution in [2.45, 2.75) is 19.4 Å². The van der Waals surface area contributed by atoms with Gasteiger partial charge in [0.25, 0.3) is 0 Å². The third kappa shape index (κ3) is 4.79. The fraction of sp³-hybridized carbons (Fsp3) is 0.235. The maximum atomic E-state index is 14.0. The maximum absolute atomic E-state index is 14.0. The zero-order valence-corrected chi connectivity index (χ0v) is 16.4. The molecule has 0 aliphatic carbocycles. The molecule has 0 spiro atoms. The van der Waals surface area contributed by atoms with E-state index in [1.807, 2.05) is 0 Å². The van der Waals surface area contributed by atoms with E-state index in [0.29, 0.717) is 4.47 Å². The van der Waals surface area contributed by atoms with Gasteiger partial charge in [-0.05, 0) is 48.9 Å². The highest BCUT2D eigenvalue weighted by molar-refractivity contribution is 9.10. The number of carbonyl (C=O) groups is 1. The van der Waals surface area contributed by atoms with Gasteiger partial charge in [-0.2, -0.15) is 0 Å². The van der Waals surface area contributed by atoms with Gasteiger partial charge >= 0.3 is 0 Å². The number of nitrogens with zero attached hydrogens (tertiary/aromatic N) is 1. The second-order valence-corrected chi connectivity index (χ2v) is 8.35. The Morgan fingerprint density at radius 3 is 2.31 bits per heavy atom. The molecule has 0 saturated heterocycles. The van der Waals surface area contributed by atoms with Crippen molar-refractivity contribution >= 4 is 43.2 Å². The number of amides is 1. The smallest absolute Gasteiger partial charge is 0.248 e. The Bertz CT molecular complexity index is 905. The van der Waals surface area contributed by atoms with Crippen LogP contribution in [0.5, 0.6) is 0 Å². The normalized spacial score (nSPS) is 12.5. The molecule has 140 valence electrons. The van der Waals surface area contributed by atoms with E-state index in [1.165, 1.54) is 24.3 Å². The standard InChI is InChI=1S/C17H17BrF2N2O3S/c1-3-16(17(23)21-15-9-4-11(18)10-14(15)20)22(26(2,24)25)13-7-5-12(19)6-8-13/h4-10,16H,3H2,1-2H3,(H,21,23)/t16-/m0/s1. The molecule has 0 saturated carbocycles. The third-order valence-electron chi connectivity index (χ3n) is 3.60. The fourth-order valence-electron chi connectivity index (χ4n) is 2.46. The summed E-state index contributed by atoms with van der Waals surface area (Å²) in [6, 6.07) is 7.72. The van der Waals surface area contributed by atoms with E-state index in [9.17, 15) is 22.0 Å². The van der Waals surface area contributed by atoms with Crippen LogP contribution in [0.15, 0.2) is 46.9 Å². The van der Waals surface area contributed by atoms with Crippen LogP contribution >= 0.6 is 15.9 Å². The van der Waals surface area contributed by atoms with Crippen LogP contribution in [0.2, 0.25) is 0 Å². The minimum atomic E-state index is -3.85. The summed E-state index contributed by atoms with van der Waals surface area (Å²) in [5.41, 5.74) is 0.0800. The van der Waals surface area contributed by atoms with Crippen LogP contribution in [0.4, 0.5) is 20.2 Å². The Morgan fingerprint density at radius 2 is 1.81 bits per heavy atom. The summed E-state index contributed by atoms with van der Waals surface area (Å²) < 4.78 is 53.0. The van der Waals surface area contributed by atoms with Gasteiger partial charge in [-0.3, -0.25) is 9.10 Å². The summed E-state index contributed by atoms with van der Waals surface area (Å²) in [4.78, 5) is 12.6. The first kappa shape index (κ1) is 20.3. The molecule has 0 aliphatic heterocycles. The predicted molar refractivity (Wildman–Crippen MR) is 101 cm³/mol. The third-order valence-corrected chi connectivity index (χ3v) is 5.27. The van der Waals surface area contributed by atoms with Crippen LogP contribution in [0.25, 0.3) is 0 Å². The zero-order valence-electron chi connectivity index (χ0n) is 14.0. The molecule has 0 radical (unpaired) electrons. The second-order valence-electron chi connectivity index (χ2n) is 5.57. The molecule has 26 heavy (non-hydrogen) atoms. The second kappa shape index (κ2) is 8.13. The number of benzene rings is 2. The van der Waals surface area contributed by atoms with Crippen molar-refractivity contribution in [1.29, 1.82) is 0 Å². The van der Waals surface area contributed by atoms with Crippen molar-refractivity contribution in [2.75, 3.05) is 15.9 Å². The molecular weight excluding hydrogens is 430 g/mol. The highest BCUT2D eigenvalue weighted by Gasteiger charge is 2.31. The minimum absolute atomic E-state index is 0.0655. The summed E-state index contributed by atoms with van der Waals surface area (Å²) in [5, 5.41) is 2.41. The molecule has 1 amide bonds. The zero-order chi connectivity index (χ0) is 19.5. The topological polar surface area (TPSA) is 66.5 Å². The van der Waals surface area contributed by atoms with Gasteiger partial charge in [-0.1, -0.05) is 22.9 Å². The van der Waals surface area contributed by atoms with E-state index in [-0.39, 0.29) is 17.8 Å². The Kier molecular flexibility index (Phi) is 6.35. The quantitative estimate of drug-likeness (QED) is 0.731. The van der Waals surface area contributed by atoms with Gasteiger partial charge in [0.1, 0.15) is 17.7 Å². The van der Waals surface area contributed by atoms with Crippen LogP contribution in [-0.2, 0) is 14.8 Å². The van der Waals surface area contributed by atoms with Gasteiger partial charge in [-0.15, -0.1) is 0 Å². The molecule has 0 bridgehead atoms. The van der Waals surface area contributed by atoms with Gasteiger partial charge in [0, 0.05) is 4.47 Å². The summed E-state index contributed by atoms with van der Waals surface area (Å²) in [5.74, 6) is -1.88. The molecule has 5 nitrogen and oxygen atoms in total. The Balaban J connectivity index is 2.38. The van der Waals surface area contributed by atoms with Gasteiger partial charge < -0.3 is 5.32 Å². The number of hydrogen-bond acceptors (Lipinski definition) is 3. The van der Waals surface area contributed by atoms with E-state index in [2.05, 4.69) is 21.2 Å². The first-order valence-electron chi connectivity index (χ1n) is 7.64. The van der Waals surface area contributed by atoms with E-state index >= 15 is 0 Å². The largest absolute Gasteiger partial charge is 0.322 e. The van der Waals surface area contributed by atoms with Crippen LogP contribution in [0, 0.1) is 11.6 Å². The number of nitrogens with one attached hydrogen (secondary N) is 1. The molecule has 0 unspecified atom stereocenters. The summed E-state index contributed by atoms with van der Waals surface area (Å²) in [6.07, 6.45) is 1.08. The summed E-state index contributed by atoms with van der Waals surface area (Å²) in [6.45, 7) is 1.63. The Hall–Kier alpha value is -2.00. The molecule has 0 fully saturated rings. The van der Waals surface area contributed by atoms with Crippen molar-refractivity contribution in [1.82, 2.24) is 0 Å². The number of sulfonamides is 1. The maximum Gasteiger partial charge on any atom is 0.248 e. The van der Waals surface area contributed by atoms with Crippen molar-refractivity contribution in [3.8, 4) is 0 Å². The van der Waals surface area contributed by atoms with Crippen LogP contribution < -0.4 is 9.62 Å². The van der Waals surface area contributed by atoms with Gasteiger partial charge in [-0.25, -0.2) is 17.2 Å². The first-order valence-corrected chi connectivity index (χ1v) is 10.3. The van der Waals surface area contributed by atoms with Crippen LogP contribution in [-0.4, -0.2) is 26.6 Å². The lowest BCUT2D eigenvalue weighted by Crippen LogP contribution is -2.47. The lowest BCUT2D eigenvalue weighted by Gasteiger charge is -2.30. The molecule has 2 aromatic carbocycles. The lowest BCUT2D eigenvalue weighted by atomic mass is 10.1. The van der Waals surface area contributed by atoms with Gasteiger partial charge in [0.05, 0.1) is 17.6 Å². The van der Waals surface area contributed by atoms with Crippen molar-refractivity contribution < 1.29 is 22.0 Å². The van der Waals surface area contributed by atoms with Crippen LogP contribution in [0.1, 0.15) is 13.3 Å². The van der Waals surface area contributed by atoms with E-state index in [1.54, 1.807) is 13.0 Å². The molecule has 0 aliphatic rings. The van der Waals surface area contributed by atoms with Crippen LogP contribution in [0.3, 0.4) is 0 Å². The van der Waals surface area contributed by atoms with E-state index < -0.39 is 33.6 Å². The summed E-state index contributed by atoms with van der Waals surface area (Å²) >= 11 is 3.12. The van der Waals surface area contributed by atoms with Gasteiger partial charge in [0.15, 0.2) is 0 Å². The molecule has 9 heteroatoms. The highest BCUT2D eigenvalue weighted by atomic mass is 79.9. The number of halogens is 3. The number of carbonyl (C=O) groups excluding carboxylic acids is 1. The van der Waals surface area contributed by atoms with E-state index in [4.69, 9.17) is 0 Å². The summed E-state index contributed by atoms with van der Waals surface area (Å²) in [7, 11) is -3.85. The molecule has 1 atom stereocenters. The lowest BCUT2D eigenvalue weighted by molar-refractivity contribution is -0.117. The Labute approximate surface area is 159 Å². The predicted octanol–water partition coefficient (Wildman–Crippen LogP) is 3.91. The van der Waals surface area contributed by atoms with Crippen molar-refractivity contribution in [3.63, 3.8) is 0 Å². The van der Waals surface area contributed by atoms with Gasteiger partial charge in [0.2, 0.25) is 15.9 Å². The average molecular weight is 447 g/mol.